The van der Waals surface area contributed by atoms with Crippen molar-refractivity contribution in [3.8, 4) is 0 Å². The topological polar surface area (TPSA) is 75.3 Å². The minimum atomic E-state index is -3.36. The summed E-state index contributed by atoms with van der Waals surface area (Å²) in [6, 6.07) is 6.38. The van der Waals surface area contributed by atoms with E-state index in [0.717, 1.165) is 25.7 Å². The van der Waals surface area contributed by atoms with E-state index in [0.29, 0.717) is 5.69 Å². The van der Waals surface area contributed by atoms with Gasteiger partial charge in [-0.15, -0.1) is 0 Å². The van der Waals surface area contributed by atoms with E-state index in [1.54, 1.807) is 25.1 Å². The summed E-state index contributed by atoms with van der Waals surface area (Å²) in [7, 11) is -3.36. The van der Waals surface area contributed by atoms with Crippen molar-refractivity contribution in [2.75, 3.05) is 11.1 Å². The molecule has 0 unspecified atom stereocenters. The molecule has 1 saturated carbocycles. The zero-order valence-corrected chi connectivity index (χ0v) is 13.8. The first-order chi connectivity index (χ1) is 10.5. The SMILES string of the molecule is CCS(=O)(=O)c1ccccc1NC(=O)NC1CCCCCC1. The van der Waals surface area contributed by atoms with Gasteiger partial charge in [0.05, 0.1) is 16.3 Å². The van der Waals surface area contributed by atoms with Gasteiger partial charge >= 0.3 is 6.03 Å². The first-order valence-corrected chi connectivity index (χ1v) is 9.57. The van der Waals surface area contributed by atoms with E-state index < -0.39 is 9.84 Å². The van der Waals surface area contributed by atoms with Crippen LogP contribution >= 0.6 is 0 Å². The predicted octanol–water partition coefficient (Wildman–Crippen LogP) is 3.32. The molecule has 0 aliphatic heterocycles. The third-order valence-corrected chi connectivity index (χ3v) is 5.83. The lowest BCUT2D eigenvalue weighted by Crippen LogP contribution is -2.37. The Morgan fingerprint density at radius 2 is 1.77 bits per heavy atom. The smallest absolute Gasteiger partial charge is 0.319 e. The second-order valence-electron chi connectivity index (χ2n) is 5.69. The van der Waals surface area contributed by atoms with Crippen molar-refractivity contribution < 1.29 is 13.2 Å². The molecular weight excluding hydrogens is 300 g/mol. The number of urea groups is 1. The number of benzene rings is 1. The molecule has 0 aromatic heterocycles. The van der Waals surface area contributed by atoms with Gasteiger partial charge in [0.2, 0.25) is 0 Å². The molecule has 0 saturated heterocycles. The molecule has 2 rings (SSSR count). The predicted molar refractivity (Wildman–Crippen MR) is 87.8 cm³/mol. The molecule has 1 aromatic rings. The summed E-state index contributed by atoms with van der Waals surface area (Å²) in [5.74, 6) is 0.00986. The third-order valence-electron chi connectivity index (χ3n) is 4.04. The second kappa shape index (κ2) is 7.63. The summed E-state index contributed by atoms with van der Waals surface area (Å²) in [4.78, 5) is 12.3. The molecule has 1 aliphatic rings. The number of nitrogens with one attached hydrogen (secondary N) is 2. The molecule has 0 radical (unpaired) electrons. The van der Waals surface area contributed by atoms with Crippen LogP contribution in [0.3, 0.4) is 0 Å². The van der Waals surface area contributed by atoms with Gasteiger partial charge in [-0.25, -0.2) is 13.2 Å². The van der Waals surface area contributed by atoms with Crippen molar-refractivity contribution in [3.63, 3.8) is 0 Å². The molecule has 2 amide bonds. The summed E-state index contributed by atoms with van der Waals surface area (Å²) in [6.07, 6.45) is 6.68. The molecule has 0 atom stereocenters. The maximum atomic E-state index is 12.1. The summed E-state index contributed by atoms with van der Waals surface area (Å²) >= 11 is 0. The molecular formula is C16H24N2O3S. The van der Waals surface area contributed by atoms with E-state index in [2.05, 4.69) is 10.6 Å². The van der Waals surface area contributed by atoms with Gasteiger partial charge in [0.25, 0.3) is 0 Å². The van der Waals surface area contributed by atoms with E-state index >= 15 is 0 Å². The Hall–Kier alpha value is -1.56. The summed E-state index contributed by atoms with van der Waals surface area (Å²) < 4.78 is 24.1. The zero-order chi connectivity index (χ0) is 16.0. The molecule has 1 fully saturated rings. The molecule has 5 nitrogen and oxygen atoms in total. The molecule has 122 valence electrons. The van der Waals surface area contributed by atoms with Crippen LogP contribution < -0.4 is 10.6 Å². The van der Waals surface area contributed by atoms with Crippen molar-refractivity contribution in [1.82, 2.24) is 5.32 Å². The number of rotatable bonds is 4. The molecule has 0 heterocycles. The Bertz CT molecular complexity index is 606. The molecule has 2 N–H and O–H groups in total. The highest BCUT2D eigenvalue weighted by Crippen LogP contribution is 2.22. The van der Waals surface area contributed by atoms with Crippen molar-refractivity contribution in [1.29, 1.82) is 0 Å². The third kappa shape index (κ3) is 4.47. The molecule has 0 spiro atoms. The van der Waals surface area contributed by atoms with Gasteiger partial charge in [-0.1, -0.05) is 44.7 Å². The van der Waals surface area contributed by atoms with Crippen molar-refractivity contribution in [2.24, 2.45) is 0 Å². The Morgan fingerprint density at radius 1 is 1.14 bits per heavy atom. The number of hydrogen-bond acceptors (Lipinski definition) is 3. The van der Waals surface area contributed by atoms with Crippen LogP contribution in [0.4, 0.5) is 10.5 Å². The summed E-state index contributed by atoms with van der Waals surface area (Å²) in [5.41, 5.74) is 0.343. The fourth-order valence-corrected chi connectivity index (χ4v) is 3.82. The van der Waals surface area contributed by atoms with E-state index in [9.17, 15) is 13.2 Å². The largest absolute Gasteiger partial charge is 0.335 e. The van der Waals surface area contributed by atoms with E-state index in [1.165, 1.54) is 18.9 Å². The second-order valence-corrected chi connectivity index (χ2v) is 7.93. The Balaban J connectivity index is 2.05. The van der Waals surface area contributed by atoms with E-state index in [4.69, 9.17) is 0 Å². The Morgan fingerprint density at radius 3 is 2.41 bits per heavy atom. The maximum Gasteiger partial charge on any atom is 0.319 e. The highest BCUT2D eigenvalue weighted by Gasteiger charge is 2.19. The van der Waals surface area contributed by atoms with Crippen LogP contribution in [0.25, 0.3) is 0 Å². The molecule has 0 bridgehead atoms. The number of anilines is 1. The molecule has 1 aliphatic carbocycles. The van der Waals surface area contributed by atoms with Crippen LogP contribution in [-0.2, 0) is 9.84 Å². The highest BCUT2D eigenvalue weighted by molar-refractivity contribution is 7.91. The van der Waals surface area contributed by atoms with Gasteiger partial charge < -0.3 is 10.6 Å². The van der Waals surface area contributed by atoms with Crippen LogP contribution in [0.15, 0.2) is 29.2 Å². The van der Waals surface area contributed by atoms with Crippen LogP contribution in [0, 0.1) is 0 Å². The number of carbonyl (C=O) groups is 1. The van der Waals surface area contributed by atoms with Crippen molar-refractivity contribution in [3.05, 3.63) is 24.3 Å². The number of para-hydroxylation sites is 1. The lowest BCUT2D eigenvalue weighted by Gasteiger charge is -2.17. The number of carbonyl (C=O) groups excluding carboxylic acids is 1. The van der Waals surface area contributed by atoms with Gasteiger partial charge in [-0.05, 0) is 25.0 Å². The first-order valence-electron chi connectivity index (χ1n) is 7.92. The van der Waals surface area contributed by atoms with Crippen LogP contribution in [0.5, 0.6) is 0 Å². The van der Waals surface area contributed by atoms with Gasteiger partial charge in [0.1, 0.15) is 0 Å². The molecule has 22 heavy (non-hydrogen) atoms. The van der Waals surface area contributed by atoms with Crippen LogP contribution in [0.1, 0.15) is 45.4 Å². The standard InChI is InChI=1S/C16H24N2O3S/c1-2-22(20,21)15-12-8-7-11-14(15)18-16(19)17-13-9-5-3-4-6-10-13/h7-8,11-13H,2-6,9-10H2,1H3,(H2,17,18,19). The molecule has 1 aromatic carbocycles. The first kappa shape index (κ1) is 16.8. The number of sulfone groups is 1. The fraction of sp³-hybridized carbons (Fsp3) is 0.562. The Kier molecular flexibility index (Phi) is 5.83. The molecule has 6 heteroatoms. The van der Waals surface area contributed by atoms with E-state index in [-0.39, 0.29) is 22.7 Å². The number of amides is 2. The quantitative estimate of drug-likeness (QED) is 0.834. The minimum Gasteiger partial charge on any atom is -0.335 e. The summed E-state index contributed by atoms with van der Waals surface area (Å²) in [5, 5.41) is 5.65. The van der Waals surface area contributed by atoms with Gasteiger partial charge in [0.15, 0.2) is 9.84 Å². The lowest BCUT2D eigenvalue weighted by molar-refractivity contribution is 0.247. The van der Waals surface area contributed by atoms with Gasteiger partial charge in [-0.2, -0.15) is 0 Å². The minimum absolute atomic E-state index is 0.00986. The average Bonchev–Trinajstić information content (AvgIpc) is 2.76. The monoisotopic (exact) mass is 324 g/mol. The highest BCUT2D eigenvalue weighted by atomic mass is 32.2. The van der Waals surface area contributed by atoms with E-state index in [1.807, 2.05) is 0 Å². The van der Waals surface area contributed by atoms with Gasteiger partial charge in [-0.3, -0.25) is 0 Å². The average molecular weight is 324 g/mol. The number of hydrogen-bond donors (Lipinski definition) is 2. The normalized spacial score (nSPS) is 16.8. The maximum absolute atomic E-state index is 12.1. The summed E-state index contributed by atoms with van der Waals surface area (Å²) in [6.45, 7) is 1.59. The van der Waals surface area contributed by atoms with Crippen molar-refractivity contribution >= 4 is 21.6 Å². The van der Waals surface area contributed by atoms with Gasteiger partial charge in [0, 0.05) is 6.04 Å². The zero-order valence-electron chi connectivity index (χ0n) is 13.0. The van der Waals surface area contributed by atoms with Crippen LogP contribution in [0.2, 0.25) is 0 Å². The lowest BCUT2D eigenvalue weighted by atomic mass is 10.1. The van der Waals surface area contributed by atoms with Crippen LogP contribution in [-0.4, -0.2) is 26.2 Å². The Labute approximate surface area is 132 Å². The fourth-order valence-electron chi connectivity index (χ4n) is 2.76. The van der Waals surface area contributed by atoms with Crippen molar-refractivity contribution in [2.45, 2.75) is 56.4 Å².